The molecule has 0 spiro atoms. The lowest BCUT2D eigenvalue weighted by Crippen LogP contribution is -2.40. The molecule has 0 saturated carbocycles. The van der Waals surface area contributed by atoms with E-state index in [4.69, 9.17) is 5.11 Å². The fraction of sp³-hybridized carbons (Fsp3) is 0.444. The summed E-state index contributed by atoms with van der Waals surface area (Å²) in [6.45, 7) is 1.70. The molecule has 0 aliphatic carbocycles. The van der Waals surface area contributed by atoms with Crippen molar-refractivity contribution >= 4 is 11.9 Å². The Morgan fingerprint density at radius 3 is 2.73 bits per heavy atom. The van der Waals surface area contributed by atoms with Gasteiger partial charge in [-0.05, 0) is 12.5 Å². The molecule has 1 unspecified atom stereocenters. The van der Waals surface area contributed by atoms with E-state index in [1.54, 1.807) is 14.0 Å². The molecule has 0 radical (unpaired) electrons. The maximum Gasteiger partial charge on any atom is 0.326 e. The normalized spacial score (nSPS) is 12.1. The third-order valence-electron chi connectivity index (χ3n) is 2.07. The van der Waals surface area contributed by atoms with Crippen molar-refractivity contribution in [3.63, 3.8) is 0 Å². The molecule has 82 valence electrons. The molecule has 0 fully saturated rings. The van der Waals surface area contributed by atoms with Crippen LogP contribution in [-0.4, -0.2) is 32.8 Å². The van der Waals surface area contributed by atoms with Crippen molar-refractivity contribution in [1.29, 1.82) is 0 Å². The second kappa shape index (κ2) is 4.59. The minimum atomic E-state index is -1.03. The van der Waals surface area contributed by atoms with E-state index in [0.29, 0.717) is 12.1 Å². The number of amides is 1. The number of aryl methyl sites for hydroxylation is 1. The van der Waals surface area contributed by atoms with Crippen LogP contribution < -0.4 is 5.32 Å². The van der Waals surface area contributed by atoms with Crippen molar-refractivity contribution in [2.24, 2.45) is 7.05 Å². The number of nitrogens with zero attached hydrogens (tertiary/aromatic N) is 2. The van der Waals surface area contributed by atoms with Crippen LogP contribution in [0.5, 0.6) is 0 Å². The third-order valence-corrected chi connectivity index (χ3v) is 2.07. The largest absolute Gasteiger partial charge is 0.480 e. The zero-order chi connectivity index (χ0) is 11.4. The molecule has 2 N–H and O–H groups in total. The number of hydrogen-bond acceptors (Lipinski definition) is 3. The molecule has 1 aromatic rings. The Morgan fingerprint density at radius 1 is 1.67 bits per heavy atom. The van der Waals surface area contributed by atoms with E-state index < -0.39 is 17.9 Å². The molecule has 15 heavy (non-hydrogen) atoms. The van der Waals surface area contributed by atoms with Gasteiger partial charge in [-0.2, -0.15) is 5.10 Å². The van der Waals surface area contributed by atoms with Gasteiger partial charge in [-0.25, -0.2) is 4.79 Å². The topological polar surface area (TPSA) is 84.2 Å². The van der Waals surface area contributed by atoms with E-state index in [0.717, 1.165) is 0 Å². The van der Waals surface area contributed by atoms with Gasteiger partial charge in [0.25, 0.3) is 5.91 Å². The van der Waals surface area contributed by atoms with Crippen molar-refractivity contribution in [3.8, 4) is 0 Å². The van der Waals surface area contributed by atoms with Crippen LogP contribution in [0.1, 0.15) is 23.8 Å². The third kappa shape index (κ3) is 2.55. The summed E-state index contributed by atoms with van der Waals surface area (Å²) in [4.78, 5) is 22.2. The highest BCUT2D eigenvalue weighted by molar-refractivity contribution is 5.95. The summed E-state index contributed by atoms with van der Waals surface area (Å²) in [7, 11) is 1.62. The molecule has 0 saturated heterocycles. The first-order valence-corrected chi connectivity index (χ1v) is 4.58. The van der Waals surface area contributed by atoms with Crippen LogP contribution in [0.2, 0.25) is 0 Å². The number of hydrogen-bond donors (Lipinski definition) is 2. The predicted molar refractivity (Wildman–Crippen MR) is 52.4 cm³/mol. The zero-order valence-corrected chi connectivity index (χ0v) is 8.60. The molecule has 6 heteroatoms. The number of nitrogens with one attached hydrogen (secondary N) is 1. The number of aliphatic carboxylic acids is 1. The Balaban J connectivity index is 2.71. The van der Waals surface area contributed by atoms with Crippen LogP contribution in [-0.2, 0) is 11.8 Å². The standard InChI is InChI=1S/C9H13N3O3/c1-3-6(9(14)15)11-8(13)7-4-5-10-12(7)2/h4-6H,3H2,1-2H3,(H,11,13)(H,14,15). The van der Waals surface area contributed by atoms with Crippen molar-refractivity contribution < 1.29 is 14.7 Å². The highest BCUT2D eigenvalue weighted by Crippen LogP contribution is 1.98. The Hall–Kier alpha value is -1.85. The number of carboxylic acid groups (broad SMARTS) is 1. The lowest BCUT2D eigenvalue weighted by atomic mass is 10.2. The van der Waals surface area contributed by atoms with Crippen LogP contribution in [0, 0.1) is 0 Å². The summed E-state index contributed by atoms with van der Waals surface area (Å²) < 4.78 is 1.39. The second-order valence-electron chi connectivity index (χ2n) is 3.11. The first kappa shape index (κ1) is 11.2. The van der Waals surface area contributed by atoms with Gasteiger partial charge in [0.05, 0.1) is 0 Å². The van der Waals surface area contributed by atoms with Crippen molar-refractivity contribution in [1.82, 2.24) is 15.1 Å². The molecule has 6 nitrogen and oxygen atoms in total. The van der Waals surface area contributed by atoms with Gasteiger partial charge in [0.2, 0.25) is 0 Å². The van der Waals surface area contributed by atoms with E-state index in [1.807, 2.05) is 0 Å². The van der Waals surface area contributed by atoms with Gasteiger partial charge in [-0.3, -0.25) is 9.48 Å². The minimum absolute atomic E-state index is 0.342. The molecule has 0 aliphatic heterocycles. The van der Waals surface area contributed by atoms with E-state index in [2.05, 4.69) is 10.4 Å². The quantitative estimate of drug-likeness (QED) is 0.735. The van der Waals surface area contributed by atoms with E-state index in [9.17, 15) is 9.59 Å². The van der Waals surface area contributed by atoms with Crippen LogP contribution in [0.25, 0.3) is 0 Å². The highest BCUT2D eigenvalue weighted by atomic mass is 16.4. The maximum atomic E-state index is 11.6. The van der Waals surface area contributed by atoms with Gasteiger partial charge in [-0.15, -0.1) is 0 Å². The summed E-state index contributed by atoms with van der Waals surface area (Å²) in [6.07, 6.45) is 1.83. The Bertz CT molecular complexity index is 372. The summed E-state index contributed by atoms with van der Waals surface area (Å²) in [5, 5.41) is 15.0. The van der Waals surface area contributed by atoms with Gasteiger partial charge in [0.1, 0.15) is 11.7 Å². The highest BCUT2D eigenvalue weighted by Gasteiger charge is 2.19. The maximum absolute atomic E-state index is 11.6. The zero-order valence-electron chi connectivity index (χ0n) is 8.60. The Morgan fingerprint density at radius 2 is 2.33 bits per heavy atom. The van der Waals surface area contributed by atoms with Gasteiger partial charge >= 0.3 is 5.97 Å². The smallest absolute Gasteiger partial charge is 0.326 e. The monoisotopic (exact) mass is 211 g/mol. The lowest BCUT2D eigenvalue weighted by molar-refractivity contribution is -0.139. The summed E-state index contributed by atoms with van der Waals surface area (Å²) in [5.41, 5.74) is 0.342. The SMILES string of the molecule is CCC(NC(=O)c1ccnn1C)C(=O)O. The molecule has 1 aromatic heterocycles. The molecular weight excluding hydrogens is 198 g/mol. The second-order valence-corrected chi connectivity index (χ2v) is 3.11. The molecule has 0 bridgehead atoms. The molecule has 0 aromatic carbocycles. The fourth-order valence-electron chi connectivity index (χ4n) is 1.17. The summed E-state index contributed by atoms with van der Waals surface area (Å²) in [5.74, 6) is -1.46. The first-order chi connectivity index (χ1) is 7.06. The van der Waals surface area contributed by atoms with Crippen molar-refractivity contribution in [2.75, 3.05) is 0 Å². The molecule has 1 rings (SSSR count). The average Bonchev–Trinajstić information content (AvgIpc) is 2.60. The van der Waals surface area contributed by atoms with Gasteiger partial charge in [0.15, 0.2) is 0 Å². The van der Waals surface area contributed by atoms with Crippen LogP contribution >= 0.6 is 0 Å². The van der Waals surface area contributed by atoms with Gasteiger partial charge in [0, 0.05) is 13.2 Å². The first-order valence-electron chi connectivity index (χ1n) is 4.58. The number of rotatable bonds is 4. The average molecular weight is 211 g/mol. The molecule has 1 heterocycles. The van der Waals surface area contributed by atoms with E-state index >= 15 is 0 Å². The van der Waals surface area contributed by atoms with Gasteiger partial charge < -0.3 is 10.4 Å². The Labute approximate surface area is 86.9 Å². The minimum Gasteiger partial charge on any atom is -0.480 e. The molecule has 0 aliphatic rings. The van der Waals surface area contributed by atoms with Crippen LogP contribution in [0.3, 0.4) is 0 Å². The lowest BCUT2D eigenvalue weighted by Gasteiger charge is -2.11. The number of aromatic nitrogens is 2. The summed E-state index contributed by atoms with van der Waals surface area (Å²) >= 11 is 0. The fourth-order valence-corrected chi connectivity index (χ4v) is 1.17. The molecular formula is C9H13N3O3. The van der Waals surface area contributed by atoms with Crippen molar-refractivity contribution in [2.45, 2.75) is 19.4 Å². The number of carbonyl (C=O) groups is 2. The van der Waals surface area contributed by atoms with E-state index in [-0.39, 0.29) is 0 Å². The van der Waals surface area contributed by atoms with Crippen molar-refractivity contribution in [3.05, 3.63) is 18.0 Å². The Kier molecular flexibility index (Phi) is 3.43. The summed E-state index contributed by atoms with van der Waals surface area (Å²) in [6, 6.07) is 0.677. The van der Waals surface area contributed by atoms with Crippen LogP contribution in [0.15, 0.2) is 12.3 Å². The number of carbonyl (C=O) groups excluding carboxylic acids is 1. The van der Waals surface area contributed by atoms with Crippen LogP contribution in [0.4, 0.5) is 0 Å². The molecule has 1 atom stereocenters. The number of carboxylic acids is 1. The predicted octanol–water partition coefficient (Wildman–Crippen LogP) is 0.0131. The van der Waals surface area contributed by atoms with Gasteiger partial charge in [-0.1, -0.05) is 6.92 Å². The molecule has 1 amide bonds. The van der Waals surface area contributed by atoms with E-state index in [1.165, 1.54) is 16.9 Å².